The highest BCUT2D eigenvalue weighted by Crippen LogP contribution is 2.20. The largest absolute Gasteiger partial charge is 0.391 e. The lowest BCUT2D eigenvalue weighted by Gasteiger charge is -2.19. The second kappa shape index (κ2) is 10.4. The molecule has 2 amide bonds. The van der Waals surface area contributed by atoms with E-state index < -0.39 is 24.0 Å². The van der Waals surface area contributed by atoms with Gasteiger partial charge in [-0.2, -0.15) is 0 Å². The Hall–Kier alpha value is -2.97. The zero-order valence-corrected chi connectivity index (χ0v) is 16.0. The number of amides is 2. The van der Waals surface area contributed by atoms with Crippen LogP contribution in [0.1, 0.15) is 37.0 Å². The average Bonchev–Trinajstić information content (AvgIpc) is 2.72. The standard InChI is InChI=1S/C20H26N4O4/c1-3-4-11-21-17-10-9-16(12-22-17)14-5-7-15(8-6-14)19(26)23-18(13(2)25)20(27)24-28/h5-10,12-13,18,25,28H,3-4,11H2,1-2H3,(H,21,22)(H,23,26)(H,24,27)/t13-,18+/m1/s1. The van der Waals surface area contributed by atoms with E-state index in [1.54, 1.807) is 30.5 Å². The summed E-state index contributed by atoms with van der Waals surface area (Å²) in [5, 5.41) is 23.9. The van der Waals surface area contributed by atoms with Gasteiger partial charge in [0.2, 0.25) is 0 Å². The summed E-state index contributed by atoms with van der Waals surface area (Å²) in [6.07, 6.45) is 2.81. The fraction of sp³-hybridized carbons (Fsp3) is 0.350. The first-order valence-electron chi connectivity index (χ1n) is 9.19. The number of aliphatic hydroxyl groups excluding tert-OH is 1. The van der Waals surface area contributed by atoms with Gasteiger partial charge in [0.15, 0.2) is 0 Å². The number of carbonyl (C=O) groups is 2. The van der Waals surface area contributed by atoms with E-state index in [0.717, 1.165) is 36.3 Å². The number of carbonyl (C=O) groups excluding carboxylic acids is 2. The summed E-state index contributed by atoms with van der Waals surface area (Å²) >= 11 is 0. The van der Waals surface area contributed by atoms with Crippen LogP contribution in [0.3, 0.4) is 0 Å². The number of rotatable bonds is 9. The van der Waals surface area contributed by atoms with E-state index in [2.05, 4.69) is 22.5 Å². The lowest BCUT2D eigenvalue weighted by Crippen LogP contribution is -2.51. The van der Waals surface area contributed by atoms with Crippen LogP contribution in [0.4, 0.5) is 5.82 Å². The molecule has 2 atom stereocenters. The van der Waals surface area contributed by atoms with Gasteiger partial charge < -0.3 is 15.7 Å². The number of hydrogen-bond donors (Lipinski definition) is 5. The summed E-state index contributed by atoms with van der Waals surface area (Å²) in [6.45, 7) is 4.36. The normalized spacial score (nSPS) is 12.7. The Morgan fingerprint density at radius 3 is 2.32 bits per heavy atom. The second-order valence-corrected chi connectivity index (χ2v) is 6.46. The van der Waals surface area contributed by atoms with E-state index in [4.69, 9.17) is 5.21 Å². The van der Waals surface area contributed by atoms with Crippen LogP contribution in [-0.2, 0) is 4.79 Å². The van der Waals surface area contributed by atoms with Crippen LogP contribution >= 0.6 is 0 Å². The van der Waals surface area contributed by atoms with Gasteiger partial charge in [0.1, 0.15) is 11.9 Å². The highest BCUT2D eigenvalue weighted by molar-refractivity contribution is 5.97. The minimum absolute atomic E-state index is 0.325. The second-order valence-electron chi connectivity index (χ2n) is 6.46. The molecule has 2 rings (SSSR count). The highest BCUT2D eigenvalue weighted by atomic mass is 16.5. The molecule has 0 bridgehead atoms. The summed E-state index contributed by atoms with van der Waals surface area (Å²) in [7, 11) is 0. The quantitative estimate of drug-likeness (QED) is 0.255. The molecule has 1 aromatic heterocycles. The fourth-order valence-electron chi connectivity index (χ4n) is 2.58. The van der Waals surface area contributed by atoms with Gasteiger partial charge in [0.05, 0.1) is 6.10 Å². The van der Waals surface area contributed by atoms with Gasteiger partial charge >= 0.3 is 0 Å². The number of pyridine rings is 1. The van der Waals surface area contributed by atoms with Crippen LogP contribution in [0.2, 0.25) is 0 Å². The molecular weight excluding hydrogens is 360 g/mol. The minimum atomic E-state index is -1.26. The molecular formula is C20H26N4O4. The molecule has 0 fully saturated rings. The zero-order valence-electron chi connectivity index (χ0n) is 16.0. The number of hydrogen-bond acceptors (Lipinski definition) is 6. The molecule has 0 spiro atoms. The lowest BCUT2D eigenvalue weighted by atomic mass is 10.0. The molecule has 150 valence electrons. The molecule has 0 aliphatic heterocycles. The molecule has 28 heavy (non-hydrogen) atoms. The first kappa shape index (κ1) is 21.3. The predicted octanol–water partition coefficient (Wildman–Crippen LogP) is 1.95. The van der Waals surface area contributed by atoms with E-state index in [9.17, 15) is 14.7 Å². The van der Waals surface area contributed by atoms with Gasteiger partial charge in [-0.15, -0.1) is 0 Å². The monoisotopic (exact) mass is 386 g/mol. The summed E-state index contributed by atoms with van der Waals surface area (Å²) in [5.41, 5.74) is 3.56. The number of unbranched alkanes of at least 4 members (excludes halogenated alkanes) is 1. The van der Waals surface area contributed by atoms with E-state index in [1.807, 2.05) is 12.1 Å². The third kappa shape index (κ3) is 5.77. The maximum absolute atomic E-state index is 12.3. The smallest absolute Gasteiger partial charge is 0.268 e. The number of aromatic nitrogens is 1. The van der Waals surface area contributed by atoms with Gasteiger partial charge in [-0.25, -0.2) is 10.5 Å². The van der Waals surface area contributed by atoms with Crippen LogP contribution in [0.15, 0.2) is 42.6 Å². The lowest BCUT2D eigenvalue weighted by molar-refractivity contribution is -0.133. The molecule has 8 heteroatoms. The van der Waals surface area contributed by atoms with Crippen molar-refractivity contribution in [2.24, 2.45) is 0 Å². The molecule has 0 saturated heterocycles. The molecule has 1 aromatic carbocycles. The van der Waals surface area contributed by atoms with Crippen LogP contribution in [0.5, 0.6) is 0 Å². The maximum Gasteiger partial charge on any atom is 0.268 e. The molecule has 0 aliphatic carbocycles. The third-order valence-corrected chi connectivity index (χ3v) is 4.24. The topological polar surface area (TPSA) is 124 Å². The van der Waals surface area contributed by atoms with Crippen molar-refractivity contribution >= 4 is 17.6 Å². The van der Waals surface area contributed by atoms with Crippen molar-refractivity contribution in [2.75, 3.05) is 11.9 Å². The average molecular weight is 386 g/mol. The van der Waals surface area contributed by atoms with E-state index in [0.29, 0.717) is 5.56 Å². The molecule has 0 radical (unpaired) electrons. The number of nitrogens with one attached hydrogen (secondary N) is 3. The van der Waals surface area contributed by atoms with Gasteiger partial charge in [-0.1, -0.05) is 25.5 Å². The van der Waals surface area contributed by atoms with Crippen molar-refractivity contribution in [1.82, 2.24) is 15.8 Å². The van der Waals surface area contributed by atoms with Gasteiger partial charge in [0.25, 0.3) is 11.8 Å². The summed E-state index contributed by atoms with van der Waals surface area (Å²) in [5.74, 6) is -0.604. The summed E-state index contributed by atoms with van der Waals surface area (Å²) in [6, 6.07) is 9.40. The van der Waals surface area contributed by atoms with Crippen LogP contribution in [0.25, 0.3) is 11.1 Å². The number of anilines is 1. The van der Waals surface area contributed by atoms with Crippen molar-refractivity contribution in [3.05, 3.63) is 48.2 Å². The zero-order chi connectivity index (χ0) is 20.5. The molecule has 0 aliphatic rings. The number of hydroxylamine groups is 1. The Labute approximate surface area is 164 Å². The molecule has 1 heterocycles. The van der Waals surface area contributed by atoms with Crippen LogP contribution in [-0.4, -0.2) is 45.8 Å². The summed E-state index contributed by atoms with van der Waals surface area (Å²) < 4.78 is 0. The first-order valence-corrected chi connectivity index (χ1v) is 9.19. The number of aliphatic hydroxyl groups is 1. The Bertz CT molecular complexity index is 776. The molecule has 8 nitrogen and oxygen atoms in total. The SMILES string of the molecule is CCCCNc1ccc(-c2ccc(C(=O)N[C@H](C(=O)NO)[C@@H](C)O)cc2)cn1. The predicted molar refractivity (Wildman–Crippen MR) is 106 cm³/mol. The Balaban J connectivity index is 2.04. The third-order valence-electron chi connectivity index (χ3n) is 4.24. The summed E-state index contributed by atoms with van der Waals surface area (Å²) in [4.78, 5) is 28.2. The molecule has 0 unspecified atom stereocenters. The van der Waals surface area contributed by atoms with Gasteiger partial charge in [0, 0.05) is 23.9 Å². The first-order chi connectivity index (χ1) is 13.5. The van der Waals surface area contributed by atoms with Crippen molar-refractivity contribution in [3.8, 4) is 11.1 Å². The van der Waals surface area contributed by atoms with Crippen LogP contribution < -0.4 is 16.1 Å². The van der Waals surface area contributed by atoms with Gasteiger partial charge in [-0.05, 0) is 43.2 Å². The number of benzene rings is 1. The van der Waals surface area contributed by atoms with Gasteiger partial charge in [-0.3, -0.25) is 14.8 Å². The Morgan fingerprint density at radius 1 is 1.11 bits per heavy atom. The maximum atomic E-state index is 12.3. The van der Waals surface area contributed by atoms with Crippen molar-refractivity contribution < 1.29 is 19.9 Å². The molecule has 0 saturated carbocycles. The Kier molecular flexibility index (Phi) is 7.91. The molecule has 5 N–H and O–H groups in total. The Morgan fingerprint density at radius 2 is 1.79 bits per heavy atom. The number of nitrogens with zero attached hydrogens (tertiary/aromatic N) is 1. The van der Waals surface area contributed by atoms with E-state index in [1.165, 1.54) is 12.4 Å². The van der Waals surface area contributed by atoms with E-state index >= 15 is 0 Å². The van der Waals surface area contributed by atoms with Crippen molar-refractivity contribution in [3.63, 3.8) is 0 Å². The fourth-order valence-corrected chi connectivity index (χ4v) is 2.58. The van der Waals surface area contributed by atoms with Crippen LogP contribution in [0, 0.1) is 0 Å². The highest BCUT2D eigenvalue weighted by Gasteiger charge is 2.25. The molecule has 2 aromatic rings. The van der Waals surface area contributed by atoms with E-state index in [-0.39, 0.29) is 0 Å². The minimum Gasteiger partial charge on any atom is -0.391 e. The van der Waals surface area contributed by atoms with Crippen molar-refractivity contribution in [1.29, 1.82) is 0 Å². The van der Waals surface area contributed by atoms with Crippen molar-refractivity contribution in [2.45, 2.75) is 38.8 Å².